The molecule has 3 heteroatoms. The predicted octanol–water partition coefficient (Wildman–Crippen LogP) is 2.64. The predicted molar refractivity (Wildman–Crippen MR) is 69.1 cm³/mol. The van der Waals surface area contributed by atoms with Gasteiger partial charge >= 0.3 is 17.1 Å². The van der Waals surface area contributed by atoms with E-state index in [0.717, 1.165) is 0 Å². The monoisotopic (exact) mass is 252 g/mol. The van der Waals surface area contributed by atoms with Crippen molar-refractivity contribution in [3.8, 4) is 0 Å². The molecule has 0 N–H and O–H groups in total. The van der Waals surface area contributed by atoms with E-state index in [0.29, 0.717) is 0 Å². The first kappa shape index (κ1) is 17.4. The average Bonchev–Trinajstić information content (AvgIpc) is 2.82. The number of hydrogen-bond donors (Lipinski definition) is 0. The smallest absolute Gasteiger partial charge is 0.214 e. The molecule has 0 amide bonds. The van der Waals surface area contributed by atoms with Crippen molar-refractivity contribution in [3.05, 3.63) is 54.6 Å². The van der Waals surface area contributed by atoms with Gasteiger partial charge in [-0.25, -0.2) is 24.3 Å². The van der Waals surface area contributed by atoms with E-state index in [1.807, 2.05) is 30.3 Å². The van der Waals surface area contributed by atoms with E-state index in [-0.39, 0.29) is 46.2 Å². The molecule has 0 nitrogen and oxygen atoms in total. The summed E-state index contributed by atoms with van der Waals surface area (Å²) in [5.74, 6) is 0. The fraction of sp³-hybridized carbons (Fsp3) is 0.167. The molecule has 15 heavy (non-hydrogen) atoms. The summed E-state index contributed by atoms with van der Waals surface area (Å²) in [7, 11) is -0.169. The van der Waals surface area contributed by atoms with Crippen molar-refractivity contribution in [1.29, 1.82) is 0 Å². The summed E-state index contributed by atoms with van der Waals surface area (Å²) in [5.41, 5.74) is 0. The molecule has 0 saturated heterocycles. The molecule has 78 valence electrons. The van der Waals surface area contributed by atoms with Crippen LogP contribution in [0.15, 0.2) is 54.6 Å². The first-order valence-corrected chi connectivity index (χ1v) is 6.99. The zero-order valence-corrected chi connectivity index (χ0v) is 11.7. The van der Waals surface area contributed by atoms with Crippen LogP contribution < -0.4 is 5.19 Å². The summed E-state index contributed by atoms with van der Waals surface area (Å²) in [6, 6.07) is 18.6. The van der Waals surface area contributed by atoms with Crippen LogP contribution in [0.2, 0.25) is 13.1 Å². The topological polar surface area (TPSA) is 0 Å². The van der Waals surface area contributed by atoms with Crippen molar-refractivity contribution in [2.45, 2.75) is 13.1 Å². The third kappa shape index (κ3) is 7.91. The third-order valence-electron chi connectivity index (χ3n) is 1.80. The van der Waals surface area contributed by atoms with E-state index in [1.165, 1.54) is 5.19 Å². The van der Waals surface area contributed by atoms with Crippen LogP contribution in [0.3, 0.4) is 0 Å². The molecule has 0 bridgehead atoms. The van der Waals surface area contributed by atoms with Crippen molar-refractivity contribution in [2.24, 2.45) is 0 Å². The van der Waals surface area contributed by atoms with Gasteiger partial charge in [-0.2, -0.15) is 35.5 Å². The van der Waals surface area contributed by atoms with Gasteiger partial charge in [-0.3, -0.25) is 0 Å². The van der Waals surface area contributed by atoms with Gasteiger partial charge in [-0.15, -0.1) is 0 Å². The Morgan fingerprint density at radius 1 is 1.07 bits per heavy atom. The maximum Gasteiger partial charge on any atom is 2.00 e. The van der Waals surface area contributed by atoms with Gasteiger partial charge in [0, 0.05) is 29.1 Å². The molecule has 0 heterocycles. The molecule has 0 atom stereocenters. The van der Waals surface area contributed by atoms with Crippen LogP contribution in [0.25, 0.3) is 0 Å². The minimum absolute atomic E-state index is 0. The van der Waals surface area contributed by atoms with Gasteiger partial charge in [-0.05, 0) is 0 Å². The van der Waals surface area contributed by atoms with Gasteiger partial charge < -0.3 is 0 Å². The minimum atomic E-state index is -0.169. The molecule has 0 aliphatic rings. The summed E-state index contributed by atoms with van der Waals surface area (Å²) in [6.45, 7) is 4.61. The molecular formula is C12H17FeLiSi. The van der Waals surface area contributed by atoms with E-state index in [1.54, 1.807) is 0 Å². The number of hydrogen-bond acceptors (Lipinski definition) is 0. The molecule has 2 aromatic rings. The normalized spacial score (nSPS) is 8.20. The Morgan fingerprint density at radius 2 is 1.67 bits per heavy atom. The largest absolute Gasteiger partial charge is 2.00 e. The van der Waals surface area contributed by atoms with Crippen LogP contribution in [0.1, 0.15) is 1.43 Å². The average molecular weight is 252 g/mol. The molecule has 2 aromatic carbocycles. The van der Waals surface area contributed by atoms with Crippen LogP contribution in [0.4, 0.5) is 0 Å². The van der Waals surface area contributed by atoms with E-state index in [9.17, 15) is 0 Å². The third-order valence-corrected chi connectivity index (χ3v) is 3.28. The van der Waals surface area contributed by atoms with Crippen LogP contribution in [0.5, 0.6) is 0 Å². The van der Waals surface area contributed by atoms with E-state index < -0.39 is 0 Å². The van der Waals surface area contributed by atoms with Gasteiger partial charge in [-0.1, -0.05) is 13.1 Å². The fourth-order valence-corrected chi connectivity index (χ4v) is 1.89. The van der Waals surface area contributed by atoms with Crippen molar-refractivity contribution < 1.29 is 18.5 Å². The molecule has 2 rings (SSSR count). The molecule has 0 aliphatic heterocycles. The quantitative estimate of drug-likeness (QED) is 0.540. The minimum Gasteiger partial charge on any atom is -0.214 e. The molecule has 0 fully saturated rings. The van der Waals surface area contributed by atoms with Crippen molar-refractivity contribution in [3.63, 3.8) is 0 Å². The van der Waals surface area contributed by atoms with Gasteiger partial charge in [0.15, 0.2) is 0 Å². The second-order valence-corrected chi connectivity index (χ2v) is 5.71. The van der Waals surface area contributed by atoms with Crippen molar-refractivity contribution >= 4 is 32.8 Å². The summed E-state index contributed by atoms with van der Waals surface area (Å²) < 4.78 is 0. The fourth-order valence-electron chi connectivity index (χ4n) is 1.03. The molecule has 0 unspecified atom stereocenters. The SMILES string of the molecule is C[Si](C)c1ccc[cH-]1.[Fe+2].[HH].[Li].c1cc[cH-]c1. The summed E-state index contributed by atoms with van der Waals surface area (Å²) in [6.07, 6.45) is 0. The van der Waals surface area contributed by atoms with Crippen LogP contribution >= 0.6 is 0 Å². The first-order chi connectivity index (χ1) is 6.30. The maximum absolute atomic E-state index is 2.31. The van der Waals surface area contributed by atoms with Crippen LogP contribution in [-0.4, -0.2) is 27.7 Å². The van der Waals surface area contributed by atoms with Crippen molar-refractivity contribution in [2.75, 3.05) is 0 Å². The molecule has 0 aliphatic carbocycles. The number of rotatable bonds is 1. The van der Waals surface area contributed by atoms with E-state index >= 15 is 0 Å². The Balaban J connectivity index is -0.000000189. The first-order valence-electron chi connectivity index (χ1n) is 4.49. The second-order valence-electron chi connectivity index (χ2n) is 3.14. The standard InChI is InChI=1S/C7H10Si.C5H5.Fe.Li.H2/c1-8(2)7-5-3-4-6-7;1-2-4-5-3-1;;;/h3-6H,1-2H3;1-5H;;;1H/q2*-1;+2;;. The Bertz CT molecular complexity index is 275. The second kappa shape index (κ2) is 10.5. The van der Waals surface area contributed by atoms with Gasteiger partial charge in [0.2, 0.25) is 0 Å². The maximum atomic E-state index is 2.31. The molecule has 0 aromatic heterocycles. The molecular weight excluding hydrogens is 235 g/mol. The van der Waals surface area contributed by atoms with Crippen molar-refractivity contribution in [1.82, 2.24) is 0 Å². The van der Waals surface area contributed by atoms with Gasteiger partial charge in [0.1, 0.15) is 0 Å². The summed E-state index contributed by atoms with van der Waals surface area (Å²) >= 11 is 0. The zero-order chi connectivity index (χ0) is 9.52. The van der Waals surface area contributed by atoms with Gasteiger partial charge in [0.25, 0.3) is 0 Å². The Kier molecular flexibility index (Phi) is 12.3. The summed E-state index contributed by atoms with van der Waals surface area (Å²) in [5, 5.41) is 1.54. The Morgan fingerprint density at radius 3 is 1.87 bits per heavy atom. The summed E-state index contributed by atoms with van der Waals surface area (Å²) in [4.78, 5) is 0. The Hall–Kier alpha value is 0.0338. The Labute approximate surface area is 119 Å². The van der Waals surface area contributed by atoms with E-state index in [2.05, 4.69) is 37.4 Å². The van der Waals surface area contributed by atoms with E-state index in [4.69, 9.17) is 0 Å². The molecule has 0 spiro atoms. The molecule has 2 radical (unpaired) electrons. The van der Waals surface area contributed by atoms with Gasteiger partial charge in [0.05, 0.1) is 0 Å². The van der Waals surface area contributed by atoms with Crippen LogP contribution in [-0.2, 0) is 17.1 Å². The molecule has 0 saturated carbocycles. The van der Waals surface area contributed by atoms with Crippen LogP contribution in [0, 0.1) is 0 Å². The zero-order valence-electron chi connectivity index (χ0n) is 9.55.